The van der Waals surface area contributed by atoms with Gasteiger partial charge in [0.25, 0.3) is 0 Å². The summed E-state index contributed by atoms with van der Waals surface area (Å²) < 4.78 is 16.3. The van der Waals surface area contributed by atoms with E-state index in [9.17, 15) is 0 Å². The normalized spacial score (nSPS) is 17.1. The second-order valence-electron chi connectivity index (χ2n) is 7.53. The molecule has 0 amide bonds. The summed E-state index contributed by atoms with van der Waals surface area (Å²) in [4.78, 5) is 6.93. The number of nitrogens with zero attached hydrogens (tertiary/aromatic N) is 2. The molecule has 4 rings (SSSR count). The minimum atomic E-state index is 0.270. The van der Waals surface area contributed by atoms with Crippen molar-refractivity contribution in [3.8, 4) is 17.2 Å². The molecule has 0 aromatic heterocycles. The summed E-state index contributed by atoms with van der Waals surface area (Å²) in [5.41, 5.74) is 2.38. The van der Waals surface area contributed by atoms with Gasteiger partial charge >= 0.3 is 0 Å². The smallest absolute Gasteiger partial charge is 0.231 e. The Labute approximate surface area is 178 Å². The molecule has 2 aliphatic rings. The van der Waals surface area contributed by atoms with Crippen molar-refractivity contribution >= 4 is 5.96 Å². The third kappa shape index (κ3) is 4.79. The molecule has 0 bridgehead atoms. The Bertz CT molecular complexity index is 881. The van der Waals surface area contributed by atoms with Crippen LogP contribution in [0.25, 0.3) is 0 Å². The van der Waals surface area contributed by atoms with Crippen molar-refractivity contribution in [2.75, 3.05) is 40.6 Å². The lowest BCUT2D eigenvalue weighted by molar-refractivity contribution is 0.174. The van der Waals surface area contributed by atoms with E-state index in [0.29, 0.717) is 6.54 Å². The lowest BCUT2D eigenvalue weighted by Gasteiger charge is -2.29. The molecule has 0 spiro atoms. The number of rotatable bonds is 7. The van der Waals surface area contributed by atoms with Crippen LogP contribution >= 0.6 is 0 Å². The van der Waals surface area contributed by atoms with Crippen LogP contribution < -0.4 is 24.8 Å². The average molecular weight is 411 g/mol. The van der Waals surface area contributed by atoms with Crippen molar-refractivity contribution in [1.82, 2.24) is 15.5 Å². The second-order valence-corrected chi connectivity index (χ2v) is 7.53. The standard InChI is InChI=1S/C23H30N4O3/c1-24-23(25-14-17-8-9-21-22(12-17)30-16-29-21)26-15-20(27-10-3-4-11-27)18-6-5-7-19(13-18)28-2/h5-9,12-13,20H,3-4,10-11,14-16H2,1-2H3,(H2,24,25,26). The highest BCUT2D eigenvalue weighted by molar-refractivity contribution is 5.79. The van der Waals surface area contributed by atoms with E-state index in [-0.39, 0.29) is 12.8 Å². The zero-order valence-electron chi connectivity index (χ0n) is 17.7. The van der Waals surface area contributed by atoms with Crippen LogP contribution in [0.15, 0.2) is 47.5 Å². The third-order valence-electron chi connectivity index (χ3n) is 5.64. The molecule has 1 fully saturated rings. The first-order valence-corrected chi connectivity index (χ1v) is 10.5. The van der Waals surface area contributed by atoms with Crippen LogP contribution in [0.1, 0.15) is 30.0 Å². The molecule has 2 aromatic carbocycles. The predicted octanol–water partition coefficient (Wildman–Crippen LogP) is 2.93. The fourth-order valence-electron chi connectivity index (χ4n) is 4.01. The number of fused-ring (bicyclic) bond motifs is 1. The number of hydrogen-bond acceptors (Lipinski definition) is 5. The predicted molar refractivity (Wildman–Crippen MR) is 117 cm³/mol. The van der Waals surface area contributed by atoms with Crippen molar-refractivity contribution in [2.45, 2.75) is 25.4 Å². The van der Waals surface area contributed by atoms with Gasteiger partial charge in [-0.2, -0.15) is 0 Å². The van der Waals surface area contributed by atoms with E-state index in [1.807, 2.05) is 24.3 Å². The van der Waals surface area contributed by atoms with Crippen LogP contribution in [0, 0.1) is 0 Å². The van der Waals surface area contributed by atoms with Gasteiger partial charge in [-0.05, 0) is 61.3 Å². The van der Waals surface area contributed by atoms with Gasteiger partial charge in [-0.25, -0.2) is 0 Å². The summed E-state index contributed by atoms with van der Waals surface area (Å²) in [7, 11) is 3.51. The summed E-state index contributed by atoms with van der Waals surface area (Å²) in [6.45, 7) is 3.95. The molecule has 2 aromatic rings. The largest absolute Gasteiger partial charge is 0.497 e. The summed E-state index contributed by atoms with van der Waals surface area (Å²) >= 11 is 0. The van der Waals surface area contributed by atoms with Crippen LogP contribution in [0.4, 0.5) is 0 Å². The first-order chi connectivity index (χ1) is 14.8. The van der Waals surface area contributed by atoms with Crippen LogP contribution in [-0.4, -0.2) is 51.4 Å². The van der Waals surface area contributed by atoms with Crippen LogP contribution in [0.3, 0.4) is 0 Å². The average Bonchev–Trinajstić information content (AvgIpc) is 3.48. The van der Waals surface area contributed by atoms with E-state index in [1.165, 1.54) is 18.4 Å². The van der Waals surface area contributed by atoms with E-state index in [0.717, 1.165) is 48.4 Å². The van der Waals surface area contributed by atoms with Crippen molar-refractivity contribution in [2.24, 2.45) is 4.99 Å². The van der Waals surface area contributed by atoms with Gasteiger partial charge in [-0.3, -0.25) is 9.89 Å². The number of benzene rings is 2. The molecular weight excluding hydrogens is 380 g/mol. The van der Waals surface area contributed by atoms with Gasteiger partial charge in [0, 0.05) is 20.1 Å². The zero-order valence-corrected chi connectivity index (χ0v) is 17.7. The zero-order chi connectivity index (χ0) is 20.8. The van der Waals surface area contributed by atoms with Gasteiger partial charge in [0.2, 0.25) is 6.79 Å². The molecule has 2 heterocycles. The number of likely N-dealkylation sites (tertiary alicyclic amines) is 1. The summed E-state index contributed by atoms with van der Waals surface area (Å²) in [6, 6.07) is 14.6. The topological polar surface area (TPSA) is 67.4 Å². The maximum absolute atomic E-state index is 5.46. The highest BCUT2D eigenvalue weighted by atomic mass is 16.7. The van der Waals surface area contributed by atoms with Crippen molar-refractivity contribution < 1.29 is 14.2 Å². The Morgan fingerprint density at radius 3 is 2.73 bits per heavy atom. The fraction of sp³-hybridized carbons (Fsp3) is 0.435. The van der Waals surface area contributed by atoms with Crippen LogP contribution in [-0.2, 0) is 6.54 Å². The Morgan fingerprint density at radius 2 is 1.93 bits per heavy atom. The molecule has 160 valence electrons. The van der Waals surface area contributed by atoms with Crippen molar-refractivity contribution in [3.63, 3.8) is 0 Å². The Kier molecular flexibility index (Phi) is 6.59. The first-order valence-electron chi connectivity index (χ1n) is 10.5. The molecule has 2 N–H and O–H groups in total. The number of methoxy groups -OCH3 is 1. The summed E-state index contributed by atoms with van der Waals surface area (Å²) in [5, 5.41) is 6.90. The third-order valence-corrected chi connectivity index (χ3v) is 5.64. The van der Waals surface area contributed by atoms with Gasteiger partial charge in [-0.1, -0.05) is 18.2 Å². The molecule has 7 nitrogen and oxygen atoms in total. The molecule has 7 heteroatoms. The molecule has 1 atom stereocenters. The van der Waals surface area contributed by atoms with Crippen molar-refractivity contribution in [3.05, 3.63) is 53.6 Å². The maximum atomic E-state index is 5.46. The number of hydrogen-bond donors (Lipinski definition) is 2. The second kappa shape index (κ2) is 9.71. The molecule has 0 aliphatic carbocycles. The van der Waals surface area contributed by atoms with E-state index in [4.69, 9.17) is 14.2 Å². The Hall–Kier alpha value is -2.93. The van der Waals surface area contributed by atoms with Gasteiger partial charge in [0.15, 0.2) is 17.5 Å². The van der Waals surface area contributed by atoms with Gasteiger partial charge in [0.1, 0.15) is 5.75 Å². The highest BCUT2D eigenvalue weighted by Gasteiger charge is 2.24. The summed E-state index contributed by atoms with van der Waals surface area (Å²) in [5.74, 6) is 3.26. The van der Waals surface area contributed by atoms with Crippen LogP contribution in [0.2, 0.25) is 0 Å². The Morgan fingerprint density at radius 1 is 1.10 bits per heavy atom. The van der Waals surface area contributed by atoms with E-state index >= 15 is 0 Å². The Balaban J connectivity index is 1.38. The molecular formula is C23H30N4O3. The van der Waals surface area contributed by atoms with Gasteiger partial charge in [-0.15, -0.1) is 0 Å². The minimum Gasteiger partial charge on any atom is -0.497 e. The molecule has 1 saturated heterocycles. The van der Waals surface area contributed by atoms with Gasteiger partial charge < -0.3 is 24.8 Å². The van der Waals surface area contributed by atoms with E-state index in [2.05, 4.69) is 38.7 Å². The lowest BCUT2D eigenvalue weighted by Crippen LogP contribution is -2.42. The molecule has 1 unspecified atom stereocenters. The van der Waals surface area contributed by atoms with E-state index in [1.54, 1.807) is 14.2 Å². The van der Waals surface area contributed by atoms with E-state index < -0.39 is 0 Å². The monoisotopic (exact) mass is 410 g/mol. The molecule has 30 heavy (non-hydrogen) atoms. The first kappa shape index (κ1) is 20.3. The number of ether oxygens (including phenoxy) is 3. The minimum absolute atomic E-state index is 0.270. The molecule has 0 saturated carbocycles. The highest BCUT2D eigenvalue weighted by Crippen LogP contribution is 2.32. The summed E-state index contributed by atoms with van der Waals surface area (Å²) in [6.07, 6.45) is 2.50. The molecule has 2 aliphatic heterocycles. The lowest BCUT2D eigenvalue weighted by atomic mass is 10.1. The van der Waals surface area contributed by atoms with Gasteiger partial charge in [0.05, 0.1) is 13.2 Å². The van der Waals surface area contributed by atoms with Crippen molar-refractivity contribution in [1.29, 1.82) is 0 Å². The quantitative estimate of drug-likeness (QED) is 0.540. The number of nitrogens with one attached hydrogen (secondary N) is 2. The molecule has 0 radical (unpaired) electrons. The maximum Gasteiger partial charge on any atom is 0.231 e. The van der Waals surface area contributed by atoms with Crippen LogP contribution in [0.5, 0.6) is 17.2 Å². The number of aliphatic imine (C=N–C) groups is 1. The fourth-order valence-corrected chi connectivity index (χ4v) is 4.01. The SMILES string of the molecule is CN=C(NCc1ccc2c(c1)OCO2)NCC(c1cccc(OC)c1)N1CCCC1. The number of guanidine groups is 1.